The Hall–Kier alpha value is -6.90. The molecule has 0 spiro atoms. The molecule has 0 unspecified atom stereocenters. The summed E-state index contributed by atoms with van der Waals surface area (Å²) in [6, 6.07) is 70.5. The number of hydrogen-bond acceptors (Lipinski definition) is 1. The summed E-state index contributed by atoms with van der Waals surface area (Å²) >= 11 is 0. The molecule has 0 atom stereocenters. The van der Waals surface area contributed by atoms with E-state index in [0.29, 0.717) is 0 Å². The fourth-order valence-corrected chi connectivity index (χ4v) is 8.36. The Morgan fingerprint density at radius 3 is 1.87 bits per heavy atom. The molecule has 0 aliphatic heterocycles. The fraction of sp³-hybridized carbons (Fsp3) is 0.0385. The van der Waals surface area contributed by atoms with Crippen molar-refractivity contribution in [1.29, 1.82) is 0 Å². The van der Waals surface area contributed by atoms with Crippen molar-refractivity contribution in [3.63, 3.8) is 0 Å². The van der Waals surface area contributed by atoms with Crippen LogP contribution in [0.25, 0.3) is 66.1 Å². The zero-order valence-corrected chi connectivity index (χ0v) is 29.9. The SMILES string of the molecule is C1=C(c2ccccc2)C=C(N(c2cccc(-c3ccccc3)c2)c2cccc(-c3cccc4c3c3ccc5ccccc5c3n4-c3ccccc3)c2)CC1. The molecule has 1 aromatic heterocycles. The van der Waals surface area contributed by atoms with Crippen molar-refractivity contribution in [2.45, 2.75) is 12.8 Å². The highest BCUT2D eigenvalue weighted by atomic mass is 15.1. The predicted molar refractivity (Wildman–Crippen MR) is 229 cm³/mol. The van der Waals surface area contributed by atoms with E-state index in [1.165, 1.54) is 71.7 Å². The van der Waals surface area contributed by atoms with Crippen LogP contribution in [0.2, 0.25) is 0 Å². The molecule has 9 aromatic rings. The van der Waals surface area contributed by atoms with Gasteiger partial charge in [-0.2, -0.15) is 0 Å². The van der Waals surface area contributed by atoms with Gasteiger partial charge in [0.05, 0.1) is 11.0 Å². The van der Waals surface area contributed by atoms with Gasteiger partial charge in [-0.1, -0.05) is 158 Å². The third-order valence-corrected chi connectivity index (χ3v) is 10.8. The van der Waals surface area contributed by atoms with E-state index >= 15 is 0 Å². The highest BCUT2D eigenvalue weighted by molar-refractivity contribution is 6.22. The Kier molecular flexibility index (Phi) is 8.00. The van der Waals surface area contributed by atoms with Crippen LogP contribution in [0.3, 0.4) is 0 Å². The summed E-state index contributed by atoms with van der Waals surface area (Å²) in [5.74, 6) is 0. The number of para-hydroxylation sites is 1. The van der Waals surface area contributed by atoms with E-state index in [9.17, 15) is 0 Å². The second-order valence-electron chi connectivity index (χ2n) is 14.1. The van der Waals surface area contributed by atoms with Crippen LogP contribution in [-0.4, -0.2) is 4.57 Å². The Morgan fingerprint density at radius 1 is 0.463 bits per heavy atom. The maximum atomic E-state index is 2.48. The molecule has 256 valence electrons. The predicted octanol–water partition coefficient (Wildman–Crippen LogP) is 14.2. The molecule has 0 saturated carbocycles. The van der Waals surface area contributed by atoms with Crippen LogP contribution in [-0.2, 0) is 0 Å². The Bertz CT molecular complexity index is 2860. The number of hydrogen-bond donors (Lipinski definition) is 0. The molecule has 2 nitrogen and oxygen atoms in total. The molecule has 0 bridgehead atoms. The van der Waals surface area contributed by atoms with Gasteiger partial charge in [0.2, 0.25) is 0 Å². The van der Waals surface area contributed by atoms with E-state index in [1.54, 1.807) is 0 Å². The summed E-state index contributed by atoms with van der Waals surface area (Å²) in [7, 11) is 0. The molecule has 2 heteroatoms. The third kappa shape index (κ3) is 5.60. The van der Waals surface area contributed by atoms with Gasteiger partial charge in [0.15, 0.2) is 0 Å². The minimum atomic E-state index is 0.948. The van der Waals surface area contributed by atoms with Crippen molar-refractivity contribution in [1.82, 2.24) is 4.57 Å². The van der Waals surface area contributed by atoms with Crippen molar-refractivity contribution in [3.05, 3.63) is 218 Å². The Balaban J connectivity index is 1.18. The van der Waals surface area contributed by atoms with E-state index < -0.39 is 0 Å². The monoisotopic (exact) mass is 690 g/mol. The molecule has 8 aromatic carbocycles. The molecule has 0 saturated heterocycles. The lowest BCUT2D eigenvalue weighted by Gasteiger charge is -2.31. The zero-order valence-electron chi connectivity index (χ0n) is 29.9. The van der Waals surface area contributed by atoms with Gasteiger partial charge < -0.3 is 9.47 Å². The minimum absolute atomic E-state index is 0.948. The quantitative estimate of drug-likeness (QED) is 0.162. The first-order chi connectivity index (χ1) is 26.8. The van der Waals surface area contributed by atoms with Gasteiger partial charge in [-0.15, -0.1) is 0 Å². The van der Waals surface area contributed by atoms with Crippen LogP contribution in [0.5, 0.6) is 0 Å². The second kappa shape index (κ2) is 13.6. The second-order valence-corrected chi connectivity index (χ2v) is 14.1. The van der Waals surface area contributed by atoms with Crippen LogP contribution < -0.4 is 4.90 Å². The summed E-state index contributed by atoms with van der Waals surface area (Å²) in [5.41, 5.74) is 14.5. The molecule has 0 amide bonds. The zero-order chi connectivity index (χ0) is 35.8. The maximum absolute atomic E-state index is 2.48. The number of benzene rings is 8. The molecule has 0 fully saturated rings. The smallest absolute Gasteiger partial charge is 0.0619 e. The third-order valence-electron chi connectivity index (χ3n) is 10.8. The normalized spacial score (nSPS) is 12.9. The van der Waals surface area contributed by atoms with Crippen LogP contribution in [0.4, 0.5) is 11.4 Å². The van der Waals surface area contributed by atoms with E-state index in [2.05, 4.69) is 216 Å². The van der Waals surface area contributed by atoms with Crippen LogP contribution in [0.1, 0.15) is 18.4 Å². The van der Waals surface area contributed by atoms with Gasteiger partial charge in [-0.3, -0.25) is 0 Å². The summed E-state index contributed by atoms with van der Waals surface area (Å²) in [5, 5.41) is 5.02. The van der Waals surface area contributed by atoms with Gasteiger partial charge in [-0.25, -0.2) is 0 Å². The summed E-state index contributed by atoms with van der Waals surface area (Å²) in [6.07, 6.45) is 6.70. The van der Waals surface area contributed by atoms with E-state index in [-0.39, 0.29) is 0 Å². The molecule has 1 aliphatic rings. The lowest BCUT2D eigenvalue weighted by atomic mass is 9.95. The largest absolute Gasteiger partial charge is 0.314 e. The average molecular weight is 691 g/mol. The Morgan fingerprint density at radius 2 is 1.09 bits per heavy atom. The first kappa shape index (κ1) is 31.8. The first-order valence-electron chi connectivity index (χ1n) is 18.8. The molecule has 0 radical (unpaired) electrons. The number of aromatic nitrogens is 1. The summed E-state index contributed by atoms with van der Waals surface area (Å²) < 4.78 is 2.45. The number of anilines is 2. The molecule has 54 heavy (non-hydrogen) atoms. The maximum Gasteiger partial charge on any atom is 0.0619 e. The van der Waals surface area contributed by atoms with Gasteiger partial charge in [0.1, 0.15) is 0 Å². The van der Waals surface area contributed by atoms with Gasteiger partial charge >= 0.3 is 0 Å². The van der Waals surface area contributed by atoms with Crippen LogP contribution >= 0.6 is 0 Å². The topological polar surface area (TPSA) is 8.17 Å². The van der Waals surface area contributed by atoms with Crippen molar-refractivity contribution in [2.24, 2.45) is 0 Å². The van der Waals surface area contributed by atoms with Crippen molar-refractivity contribution in [2.75, 3.05) is 4.90 Å². The molecule has 0 N–H and O–H groups in total. The number of rotatable bonds is 7. The van der Waals surface area contributed by atoms with E-state index in [0.717, 1.165) is 29.9 Å². The number of nitrogens with zero attached hydrogens (tertiary/aromatic N) is 2. The molecule has 1 heterocycles. The summed E-state index contributed by atoms with van der Waals surface area (Å²) in [4.78, 5) is 2.48. The van der Waals surface area contributed by atoms with Crippen molar-refractivity contribution >= 4 is 49.5 Å². The van der Waals surface area contributed by atoms with E-state index in [4.69, 9.17) is 0 Å². The molecular formula is C52H38N2. The summed E-state index contributed by atoms with van der Waals surface area (Å²) in [6.45, 7) is 0. The average Bonchev–Trinajstić information content (AvgIpc) is 3.60. The number of allylic oxidation sites excluding steroid dienone is 4. The van der Waals surface area contributed by atoms with Crippen molar-refractivity contribution < 1.29 is 0 Å². The van der Waals surface area contributed by atoms with Gasteiger partial charge in [0, 0.05) is 38.9 Å². The molecular weight excluding hydrogens is 653 g/mol. The Labute approximate surface area is 316 Å². The highest BCUT2D eigenvalue weighted by Gasteiger charge is 2.22. The van der Waals surface area contributed by atoms with Crippen LogP contribution in [0.15, 0.2) is 212 Å². The first-order valence-corrected chi connectivity index (χ1v) is 18.8. The van der Waals surface area contributed by atoms with Gasteiger partial charge in [0.25, 0.3) is 0 Å². The highest BCUT2D eigenvalue weighted by Crippen LogP contribution is 2.43. The fourth-order valence-electron chi connectivity index (χ4n) is 8.36. The minimum Gasteiger partial charge on any atom is -0.314 e. The number of fused-ring (bicyclic) bond motifs is 5. The van der Waals surface area contributed by atoms with Gasteiger partial charge in [-0.05, 0) is 100 Å². The lowest BCUT2D eigenvalue weighted by molar-refractivity contribution is 0.921. The lowest BCUT2D eigenvalue weighted by Crippen LogP contribution is -2.18. The standard InChI is InChI=1S/C52H38N2/c1-4-16-37(17-5-1)40-21-12-26-44(34-40)53(45-27-13-22-41(35-45)38-18-6-2-7-19-38)46-28-14-23-42(36-46)47-30-15-31-50-51(47)49-33-32-39-20-10-11-29-48(39)52(49)54(50)43-24-8-3-9-25-43/h1-12,14-26,28-36H,13,27H2. The van der Waals surface area contributed by atoms with Crippen molar-refractivity contribution in [3.8, 4) is 27.9 Å². The van der Waals surface area contributed by atoms with E-state index in [1.807, 2.05) is 0 Å². The van der Waals surface area contributed by atoms with Crippen LogP contribution in [0, 0.1) is 0 Å². The molecule has 1 aliphatic carbocycles. The molecule has 10 rings (SSSR count).